The van der Waals surface area contributed by atoms with E-state index in [4.69, 9.17) is 4.74 Å². The first-order valence-electron chi connectivity index (χ1n) is 9.06. The standard InChI is InChI=1S/C22H17N5O/c1-15(28-22-10-12-24-19-7-3-2-6-18(19)22)21-14-27(26-25-21)17-9-8-16-5-4-11-23-20(16)13-17/h2-15H,1H3/t15-/m1/s1. The Hall–Kier alpha value is -3.80. The minimum absolute atomic E-state index is 0.252. The molecular formula is C22H17N5O. The molecule has 0 unspecified atom stereocenters. The number of fused-ring (bicyclic) bond motifs is 2. The summed E-state index contributed by atoms with van der Waals surface area (Å²) in [7, 11) is 0. The molecule has 0 spiro atoms. The largest absolute Gasteiger partial charge is 0.484 e. The lowest BCUT2D eigenvalue weighted by Crippen LogP contribution is -2.04. The summed E-state index contributed by atoms with van der Waals surface area (Å²) in [5, 5.41) is 10.6. The van der Waals surface area contributed by atoms with Crippen LogP contribution >= 0.6 is 0 Å². The summed E-state index contributed by atoms with van der Waals surface area (Å²) in [5.74, 6) is 0.780. The van der Waals surface area contributed by atoms with Gasteiger partial charge in [-0.05, 0) is 43.3 Å². The van der Waals surface area contributed by atoms with Crippen molar-refractivity contribution in [3.8, 4) is 11.4 Å². The lowest BCUT2D eigenvalue weighted by atomic mass is 10.2. The summed E-state index contributed by atoms with van der Waals surface area (Å²) in [6, 6.07) is 19.8. The first-order chi connectivity index (χ1) is 13.8. The van der Waals surface area contributed by atoms with E-state index in [9.17, 15) is 0 Å². The van der Waals surface area contributed by atoms with Crippen molar-refractivity contribution >= 4 is 21.8 Å². The Balaban J connectivity index is 1.43. The molecule has 1 atom stereocenters. The molecule has 136 valence electrons. The monoisotopic (exact) mass is 367 g/mol. The molecule has 0 aliphatic rings. The Kier molecular flexibility index (Phi) is 3.94. The van der Waals surface area contributed by atoms with Crippen molar-refractivity contribution in [2.24, 2.45) is 0 Å². The van der Waals surface area contributed by atoms with Crippen LogP contribution < -0.4 is 4.74 Å². The van der Waals surface area contributed by atoms with Gasteiger partial charge in [0.2, 0.25) is 0 Å². The van der Waals surface area contributed by atoms with Crippen molar-refractivity contribution in [3.05, 3.63) is 84.9 Å². The van der Waals surface area contributed by atoms with E-state index in [0.29, 0.717) is 0 Å². The molecule has 2 aromatic carbocycles. The molecular weight excluding hydrogens is 350 g/mol. The molecule has 0 aliphatic heterocycles. The minimum Gasteiger partial charge on any atom is -0.484 e. The highest BCUT2D eigenvalue weighted by atomic mass is 16.5. The van der Waals surface area contributed by atoms with Gasteiger partial charge in [-0.15, -0.1) is 5.10 Å². The zero-order valence-corrected chi connectivity index (χ0v) is 15.2. The topological polar surface area (TPSA) is 65.7 Å². The number of ether oxygens (including phenoxy) is 1. The molecule has 0 saturated heterocycles. The number of benzene rings is 2. The van der Waals surface area contributed by atoms with Crippen LogP contribution in [0, 0.1) is 0 Å². The van der Waals surface area contributed by atoms with E-state index in [1.807, 2.05) is 73.8 Å². The fourth-order valence-electron chi connectivity index (χ4n) is 3.21. The van der Waals surface area contributed by atoms with Gasteiger partial charge in [-0.3, -0.25) is 9.97 Å². The number of pyridine rings is 2. The molecule has 0 aliphatic carbocycles. The second kappa shape index (κ2) is 6.74. The number of hydrogen-bond acceptors (Lipinski definition) is 5. The van der Waals surface area contributed by atoms with Crippen LogP contribution in [-0.2, 0) is 0 Å². The zero-order valence-electron chi connectivity index (χ0n) is 15.2. The molecule has 3 aromatic heterocycles. The van der Waals surface area contributed by atoms with Gasteiger partial charge in [-0.25, -0.2) is 4.68 Å². The van der Waals surface area contributed by atoms with E-state index in [2.05, 4.69) is 20.3 Å². The summed E-state index contributed by atoms with van der Waals surface area (Å²) in [6.07, 6.45) is 5.17. The van der Waals surface area contributed by atoms with Crippen molar-refractivity contribution in [2.75, 3.05) is 0 Å². The Labute approximate surface area is 161 Å². The Bertz CT molecular complexity index is 1270. The number of nitrogens with zero attached hydrogens (tertiary/aromatic N) is 5. The number of rotatable bonds is 4. The Morgan fingerprint density at radius 3 is 2.75 bits per heavy atom. The summed E-state index contributed by atoms with van der Waals surface area (Å²) in [4.78, 5) is 8.77. The van der Waals surface area contributed by atoms with E-state index < -0.39 is 0 Å². The van der Waals surface area contributed by atoms with Gasteiger partial charge in [0, 0.05) is 23.2 Å². The number of aromatic nitrogens is 5. The van der Waals surface area contributed by atoms with Crippen molar-refractivity contribution in [2.45, 2.75) is 13.0 Å². The first kappa shape index (κ1) is 16.4. The maximum absolute atomic E-state index is 6.16. The first-order valence-corrected chi connectivity index (χ1v) is 9.06. The van der Waals surface area contributed by atoms with Crippen LogP contribution in [0.15, 0.2) is 79.3 Å². The van der Waals surface area contributed by atoms with Gasteiger partial charge in [-0.1, -0.05) is 29.5 Å². The third kappa shape index (κ3) is 2.95. The van der Waals surface area contributed by atoms with Crippen LogP contribution in [0.25, 0.3) is 27.5 Å². The molecule has 3 heterocycles. The van der Waals surface area contributed by atoms with Crippen molar-refractivity contribution in [3.63, 3.8) is 0 Å². The van der Waals surface area contributed by atoms with Crippen LogP contribution in [0.4, 0.5) is 0 Å². The van der Waals surface area contributed by atoms with Gasteiger partial charge in [0.05, 0.1) is 22.9 Å². The summed E-state index contributed by atoms with van der Waals surface area (Å²) >= 11 is 0. The SMILES string of the molecule is C[C@@H](Oc1ccnc2ccccc12)c1cn(-c2ccc3cccnc3c2)nn1. The molecule has 0 bridgehead atoms. The quantitative estimate of drug-likeness (QED) is 0.468. The molecule has 6 heteroatoms. The normalized spacial score (nSPS) is 12.3. The van der Waals surface area contributed by atoms with E-state index in [1.54, 1.807) is 17.1 Å². The second-order valence-corrected chi connectivity index (χ2v) is 6.55. The Morgan fingerprint density at radius 1 is 0.893 bits per heavy atom. The maximum Gasteiger partial charge on any atom is 0.141 e. The van der Waals surface area contributed by atoms with Crippen molar-refractivity contribution < 1.29 is 4.74 Å². The van der Waals surface area contributed by atoms with Gasteiger partial charge in [0.1, 0.15) is 17.5 Å². The molecule has 0 amide bonds. The predicted octanol–water partition coefficient (Wildman–Crippen LogP) is 4.50. The smallest absolute Gasteiger partial charge is 0.141 e. The number of hydrogen-bond donors (Lipinski definition) is 0. The molecule has 28 heavy (non-hydrogen) atoms. The summed E-state index contributed by atoms with van der Waals surface area (Å²) in [5.41, 5.74) is 3.48. The summed E-state index contributed by atoms with van der Waals surface area (Å²) < 4.78 is 7.91. The zero-order chi connectivity index (χ0) is 18.9. The molecule has 0 radical (unpaired) electrons. The van der Waals surface area contributed by atoms with Crippen molar-refractivity contribution in [1.82, 2.24) is 25.0 Å². The van der Waals surface area contributed by atoms with Gasteiger partial charge < -0.3 is 4.74 Å². The van der Waals surface area contributed by atoms with Gasteiger partial charge >= 0.3 is 0 Å². The molecule has 0 fully saturated rings. The van der Waals surface area contributed by atoms with Crippen LogP contribution in [0.3, 0.4) is 0 Å². The molecule has 5 rings (SSSR count). The molecule has 6 nitrogen and oxygen atoms in total. The molecule has 0 saturated carbocycles. The van der Waals surface area contributed by atoms with Crippen molar-refractivity contribution in [1.29, 1.82) is 0 Å². The van der Waals surface area contributed by atoms with Gasteiger partial charge in [0.25, 0.3) is 0 Å². The average molecular weight is 367 g/mol. The van der Waals surface area contributed by atoms with Crippen LogP contribution in [-0.4, -0.2) is 25.0 Å². The van der Waals surface area contributed by atoms with Crippen LogP contribution in [0.1, 0.15) is 18.7 Å². The Morgan fingerprint density at radius 2 is 1.79 bits per heavy atom. The third-order valence-corrected chi connectivity index (χ3v) is 4.69. The van der Waals surface area contributed by atoms with E-state index >= 15 is 0 Å². The van der Waals surface area contributed by atoms with Crippen LogP contribution in [0.2, 0.25) is 0 Å². The maximum atomic E-state index is 6.16. The predicted molar refractivity (Wildman–Crippen MR) is 107 cm³/mol. The van der Waals surface area contributed by atoms with Crippen LogP contribution in [0.5, 0.6) is 5.75 Å². The highest BCUT2D eigenvalue weighted by Crippen LogP contribution is 2.28. The lowest BCUT2D eigenvalue weighted by Gasteiger charge is -2.13. The highest BCUT2D eigenvalue weighted by molar-refractivity contribution is 5.84. The lowest BCUT2D eigenvalue weighted by molar-refractivity contribution is 0.224. The fourth-order valence-corrected chi connectivity index (χ4v) is 3.21. The summed E-state index contributed by atoms with van der Waals surface area (Å²) in [6.45, 7) is 1.96. The van der Waals surface area contributed by atoms with Gasteiger partial charge in [-0.2, -0.15) is 0 Å². The van der Waals surface area contributed by atoms with E-state index in [0.717, 1.165) is 38.9 Å². The van der Waals surface area contributed by atoms with E-state index in [-0.39, 0.29) is 6.10 Å². The second-order valence-electron chi connectivity index (χ2n) is 6.55. The number of para-hydroxylation sites is 1. The average Bonchev–Trinajstić information content (AvgIpc) is 3.24. The van der Waals surface area contributed by atoms with E-state index in [1.165, 1.54) is 0 Å². The van der Waals surface area contributed by atoms with Gasteiger partial charge in [0.15, 0.2) is 0 Å². The third-order valence-electron chi connectivity index (χ3n) is 4.69. The fraction of sp³-hybridized carbons (Fsp3) is 0.0909. The highest BCUT2D eigenvalue weighted by Gasteiger charge is 2.14. The minimum atomic E-state index is -0.252. The molecule has 5 aromatic rings. The molecule has 0 N–H and O–H groups in total.